The van der Waals surface area contributed by atoms with Crippen molar-refractivity contribution in [1.29, 1.82) is 0 Å². The summed E-state index contributed by atoms with van der Waals surface area (Å²) in [6, 6.07) is 15.5. The standard InChI is InChI=1S/C26H40/c1-2-3-4-5-6-7-8-9-10-11-12-13-14-16-19-24-22-23-25-20-17-15-18-21-26(24)25/h15,17-18,20-23H,2-14,16,19H2,1H3. The molecule has 26 heavy (non-hydrogen) atoms. The van der Waals surface area contributed by atoms with Gasteiger partial charge in [0.1, 0.15) is 0 Å². The molecule has 0 saturated carbocycles. The van der Waals surface area contributed by atoms with Gasteiger partial charge in [-0.05, 0) is 29.5 Å². The van der Waals surface area contributed by atoms with Crippen molar-refractivity contribution < 1.29 is 0 Å². The van der Waals surface area contributed by atoms with E-state index in [-0.39, 0.29) is 0 Å². The van der Waals surface area contributed by atoms with E-state index in [0.29, 0.717) is 0 Å². The lowest BCUT2D eigenvalue weighted by Crippen LogP contribution is -1.86. The first-order valence-electron chi connectivity index (χ1n) is 11.4. The molecule has 0 aromatic carbocycles. The van der Waals surface area contributed by atoms with E-state index in [4.69, 9.17) is 0 Å². The van der Waals surface area contributed by atoms with Gasteiger partial charge in [0.2, 0.25) is 0 Å². The fourth-order valence-electron chi connectivity index (χ4n) is 4.01. The second-order valence-corrected chi connectivity index (χ2v) is 7.98. The van der Waals surface area contributed by atoms with Gasteiger partial charge in [-0.1, -0.05) is 133 Å². The molecule has 2 aliphatic carbocycles. The Kier molecular flexibility index (Phi) is 11.2. The molecule has 0 aliphatic heterocycles. The highest BCUT2D eigenvalue weighted by Crippen LogP contribution is 2.28. The fourth-order valence-corrected chi connectivity index (χ4v) is 4.01. The van der Waals surface area contributed by atoms with Crippen LogP contribution in [-0.2, 0) is 6.42 Å². The van der Waals surface area contributed by atoms with Gasteiger partial charge in [0.05, 0.1) is 0 Å². The molecule has 2 aliphatic rings. The molecule has 0 heteroatoms. The van der Waals surface area contributed by atoms with E-state index >= 15 is 0 Å². The molecule has 0 aromatic rings. The lowest BCUT2D eigenvalue weighted by atomic mass is 10.0. The van der Waals surface area contributed by atoms with Crippen LogP contribution in [0.15, 0.2) is 42.5 Å². The van der Waals surface area contributed by atoms with Crippen molar-refractivity contribution >= 4 is 0 Å². The molecule has 2 rings (SSSR count). The molecule has 0 bridgehead atoms. The van der Waals surface area contributed by atoms with E-state index in [1.165, 1.54) is 113 Å². The Bertz CT molecular complexity index is 542. The van der Waals surface area contributed by atoms with Crippen molar-refractivity contribution in [2.45, 2.75) is 103 Å². The van der Waals surface area contributed by atoms with Crippen molar-refractivity contribution in [2.24, 2.45) is 0 Å². The third-order valence-electron chi connectivity index (χ3n) is 5.68. The predicted molar refractivity (Wildman–Crippen MR) is 117 cm³/mol. The molecule has 0 heterocycles. The number of hydrogen-bond acceptors (Lipinski definition) is 0. The minimum atomic E-state index is 1.24. The zero-order chi connectivity index (χ0) is 18.3. The lowest BCUT2D eigenvalue weighted by Gasteiger charge is -2.04. The highest BCUT2D eigenvalue weighted by molar-refractivity contribution is 5.70. The number of unbranched alkanes of at least 4 members (excludes halogenated alkanes) is 13. The summed E-state index contributed by atoms with van der Waals surface area (Å²) in [5.74, 6) is 0. The highest BCUT2D eigenvalue weighted by Gasteiger charge is 2.06. The van der Waals surface area contributed by atoms with E-state index in [1.807, 2.05) is 0 Å². The molecule has 0 fully saturated rings. The Morgan fingerprint density at radius 1 is 0.500 bits per heavy atom. The first-order valence-corrected chi connectivity index (χ1v) is 11.4. The van der Waals surface area contributed by atoms with Gasteiger partial charge < -0.3 is 0 Å². The minimum Gasteiger partial charge on any atom is -0.0654 e. The first kappa shape index (κ1) is 21.0. The second kappa shape index (κ2) is 13.8. The van der Waals surface area contributed by atoms with E-state index in [0.717, 1.165) is 0 Å². The molecule has 0 spiro atoms. The Balaban J connectivity index is 1.41. The molecule has 0 atom stereocenters. The van der Waals surface area contributed by atoms with Crippen LogP contribution in [0.4, 0.5) is 0 Å². The normalized spacial score (nSPS) is 11.3. The van der Waals surface area contributed by atoms with Crippen molar-refractivity contribution in [2.75, 3.05) is 0 Å². The summed E-state index contributed by atoms with van der Waals surface area (Å²) in [5.41, 5.74) is 4.37. The summed E-state index contributed by atoms with van der Waals surface area (Å²) in [7, 11) is 0. The Hall–Kier alpha value is -1.30. The summed E-state index contributed by atoms with van der Waals surface area (Å²) in [6.07, 6.45) is 21.3. The quantitative estimate of drug-likeness (QED) is 0.281. The molecule has 0 aromatic heterocycles. The van der Waals surface area contributed by atoms with E-state index in [1.54, 1.807) is 0 Å². The molecule has 0 nitrogen and oxygen atoms in total. The molecule has 0 radical (unpaired) electrons. The summed E-state index contributed by atoms with van der Waals surface area (Å²) >= 11 is 0. The van der Waals surface area contributed by atoms with Crippen LogP contribution in [-0.4, -0.2) is 0 Å². The Morgan fingerprint density at radius 2 is 1.04 bits per heavy atom. The Labute approximate surface area is 162 Å². The van der Waals surface area contributed by atoms with Gasteiger partial charge >= 0.3 is 0 Å². The van der Waals surface area contributed by atoms with Crippen LogP contribution >= 0.6 is 0 Å². The van der Waals surface area contributed by atoms with Gasteiger partial charge in [0.25, 0.3) is 0 Å². The topological polar surface area (TPSA) is 0 Å². The van der Waals surface area contributed by atoms with Gasteiger partial charge in [0.15, 0.2) is 0 Å². The van der Waals surface area contributed by atoms with Crippen LogP contribution in [0, 0.1) is 0 Å². The molecule has 0 amide bonds. The molecule has 0 N–H and O–H groups in total. The van der Waals surface area contributed by atoms with Gasteiger partial charge in [0, 0.05) is 0 Å². The van der Waals surface area contributed by atoms with Crippen LogP contribution in [0.1, 0.15) is 102 Å². The third-order valence-corrected chi connectivity index (χ3v) is 5.68. The first-order chi connectivity index (χ1) is 12.9. The monoisotopic (exact) mass is 352 g/mol. The van der Waals surface area contributed by atoms with Crippen LogP contribution in [0.3, 0.4) is 0 Å². The maximum absolute atomic E-state index is 2.33. The van der Waals surface area contributed by atoms with E-state index < -0.39 is 0 Å². The Morgan fingerprint density at radius 3 is 1.65 bits per heavy atom. The van der Waals surface area contributed by atoms with E-state index in [2.05, 4.69) is 49.4 Å². The molecule has 144 valence electrons. The number of hydrogen-bond donors (Lipinski definition) is 0. The predicted octanol–water partition coefficient (Wildman–Crippen LogP) is 8.82. The van der Waals surface area contributed by atoms with Crippen LogP contribution in [0.25, 0.3) is 11.1 Å². The number of aryl methyl sites for hydroxylation is 1. The van der Waals surface area contributed by atoms with Gasteiger partial charge in [-0.3, -0.25) is 0 Å². The number of rotatable bonds is 15. The average Bonchev–Trinajstić information content (AvgIpc) is 2.88. The van der Waals surface area contributed by atoms with Crippen molar-refractivity contribution in [3.63, 3.8) is 0 Å². The molecular formula is C26H40. The summed E-state index contributed by atoms with van der Waals surface area (Å²) in [6.45, 7) is 2.30. The minimum absolute atomic E-state index is 1.24. The zero-order valence-electron chi connectivity index (χ0n) is 17.1. The average molecular weight is 353 g/mol. The SMILES string of the molecule is CCCCCCCCCCCCCCCCc1ccc2cccccc1-2. The van der Waals surface area contributed by atoms with Gasteiger partial charge in [-0.2, -0.15) is 0 Å². The van der Waals surface area contributed by atoms with Crippen LogP contribution in [0.2, 0.25) is 0 Å². The zero-order valence-corrected chi connectivity index (χ0v) is 17.1. The summed E-state index contributed by atoms with van der Waals surface area (Å²) < 4.78 is 0. The summed E-state index contributed by atoms with van der Waals surface area (Å²) in [5, 5.41) is 0. The van der Waals surface area contributed by atoms with Crippen LogP contribution < -0.4 is 0 Å². The van der Waals surface area contributed by atoms with Gasteiger partial charge in [-0.25, -0.2) is 0 Å². The molecule has 0 unspecified atom stereocenters. The van der Waals surface area contributed by atoms with E-state index in [9.17, 15) is 0 Å². The fraction of sp³-hybridized carbons (Fsp3) is 0.615. The van der Waals surface area contributed by atoms with Crippen LogP contribution in [0.5, 0.6) is 0 Å². The van der Waals surface area contributed by atoms with Crippen molar-refractivity contribution in [1.82, 2.24) is 0 Å². The van der Waals surface area contributed by atoms with Crippen molar-refractivity contribution in [3.8, 4) is 11.1 Å². The molecular weight excluding hydrogens is 312 g/mol. The smallest absolute Gasteiger partial charge is 0.0152 e. The number of fused-ring (bicyclic) bond motifs is 1. The highest BCUT2D eigenvalue weighted by atomic mass is 14.1. The second-order valence-electron chi connectivity index (χ2n) is 7.98. The maximum Gasteiger partial charge on any atom is -0.0152 e. The maximum atomic E-state index is 2.33. The molecule has 0 saturated heterocycles. The largest absolute Gasteiger partial charge is 0.0654 e. The lowest BCUT2D eigenvalue weighted by molar-refractivity contribution is 0.535. The van der Waals surface area contributed by atoms with Gasteiger partial charge in [-0.15, -0.1) is 0 Å². The van der Waals surface area contributed by atoms with Crippen molar-refractivity contribution in [3.05, 3.63) is 48.0 Å². The third kappa shape index (κ3) is 8.39. The summed E-state index contributed by atoms with van der Waals surface area (Å²) in [4.78, 5) is 0.